The van der Waals surface area contributed by atoms with Gasteiger partial charge in [0.25, 0.3) is 0 Å². The lowest BCUT2D eigenvalue weighted by Gasteiger charge is -2.08. The molecule has 21 heavy (non-hydrogen) atoms. The van der Waals surface area contributed by atoms with Crippen LogP contribution in [0.25, 0.3) is 0 Å². The second-order valence-electron chi connectivity index (χ2n) is 4.27. The van der Waals surface area contributed by atoms with Gasteiger partial charge in [-0.3, -0.25) is 15.5 Å². The summed E-state index contributed by atoms with van der Waals surface area (Å²) in [6, 6.07) is 11.1. The molecule has 2 aromatic rings. The summed E-state index contributed by atoms with van der Waals surface area (Å²) in [6.45, 7) is 0.129. The number of nitro groups is 1. The van der Waals surface area contributed by atoms with E-state index in [1.807, 2.05) is 0 Å². The van der Waals surface area contributed by atoms with Crippen LogP contribution in [0.5, 0.6) is 5.75 Å². The number of nitrogen functional groups attached to an aromatic ring is 1. The summed E-state index contributed by atoms with van der Waals surface area (Å²) in [5.41, 5.74) is 6.55. The van der Waals surface area contributed by atoms with Gasteiger partial charge < -0.3 is 10.5 Å². The predicted octanol–water partition coefficient (Wildman–Crippen LogP) is 3.11. The van der Waals surface area contributed by atoms with Crippen LogP contribution in [-0.2, 0) is 6.61 Å². The molecule has 2 rings (SSSR count). The third-order valence-electron chi connectivity index (χ3n) is 2.75. The Kier molecular flexibility index (Phi) is 4.39. The third kappa shape index (κ3) is 3.70. The highest BCUT2D eigenvalue weighted by molar-refractivity contribution is 6.30. The number of amidine groups is 1. The first-order valence-corrected chi connectivity index (χ1v) is 6.35. The molecule has 0 aromatic heterocycles. The zero-order chi connectivity index (χ0) is 15.4. The van der Waals surface area contributed by atoms with Gasteiger partial charge in [0.05, 0.1) is 4.92 Å². The van der Waals surface area contributed by atoms with Gasteiger partial charge in [0.15, 0.2) is 5.75 Å². The molecule has 0 heterocycles. The number of benzene rings is 2. The highest BCUT2D eigenvalue weighted by Gasteiger charge is 2.15. The van der Waals surface area contributed by atoms with Crippen molar-refractivity contribution in [3.8, 4) is 5.75 Å². The highest BCUT2D eigenvalue weighted by Crippen LogP contribution is 2.30. The van der Waals surface area contributed by atoms with Gasteiger partial charge in [-0.1, -0.05) is 29.8 Å². The molecular formula is C14H12ClN3O3. The van der Waals surface area contributed by atoms with Crippen LogP contribution in [0.15, 0.2) is 42.5 Å². The van der Waals surface area contributed by atoms with Crippen molar-refractivity contribution >= 4 is 23.1 Å². The SMILES string of the molecule is N=C(N)c1cccc(COc2ccc(Cl)cc2[N+](=O)[O-])c1. The van der Waals surface area contributed by atoms with Crippen LogP contribution >= 0.6 is 11.6 Å². The van der Waals surface area contributed by atoms with E-state index in [9.17, 15) is 10.1 Å². The van der Waals surface area contributed by atoms with Crippen molar-refractivity contribution in [2.75, 3.05) is 0 Å². The van der Waals surface area contributed by atoms with E-state index in [4.69, 9.17) is 27.5 Å². The molecule has 0 spiro atoms. The maximum absolute atomic E-state index is 11.0. The largest absolute Gasteiger partial charge is 0.482 e. The van der Waals surface area contributed by atoms with Gasteiger partial charge in [0.1, 0.15) is 12.4 Å². The van der Waals surface area contributed by atoms with E-state index >= 15 is 0 Å². The van der Waals surface area contributed by atoms with Crippen LogP contribution in [0.2, 0.25) is 5.02 Å². The van der Waals surface area contributed by atoms with Crippen molar-refractivity contribution < 1.29 is 9.66 Å². The molecule has 0 aliphatic rings. The van der Waals surface area contributed by atoms with Gasteiger partial charge in [-0.15, -0.1) is 0 Å². The lowest BCUT2D eigenvalue weighted by atomic mass is 10.1. The molecule has 0 bridgehead atoms. The van der Waals surface area contributed by atoms with Gasteiger partial charge in [-0.2, -0.15) is 0 Å². The van der Waals surface area contributed by atoms with E-state index in [-0.39, 0.29) is 28.9 Å². The van der Waals surface area contributed by atoms with Crippen molar-refractivity contribution in [3.63, 3.8) is 0 Å². The summed E-state index contributed by atoms with van der Waals surface area (Å²) in [5, 5.41) is 18.6. The van der Waals surface area contributed by atoms with E-state index in [1.165, 1.54) is 18.2 Å². The Morgan fingerprint density at radius 1 is 1.33 bits per heavy atom. The maximum Gasteiger partial charge on any atom is 0.312 e. The van der Waals surface area contributed by atoms with Gasteiger partial charge in [0, 0.05) is 16.7 Å². The minimum Gasteiger partial charge on any atom is -0.482 e. The van der Waals surface area contributed by atoms with Gasteiger partial charge in [-0.25, -0.2) is 0 Å². The van der Waals surface area contributed by atoms with Crippen molar-refractivity contribution in [2.24, 2.45) is 5.73 Å². The number of halogens is 1. The van der Waals surface area contributed by atoms with Crippen molar-refractivity contribution in [1.29, 1.82) is 5.41 Å². The Hall–Kier alpha value is -2.60. The molecule has 0 saturated heterocycles. The molecule has 0 amide bonds. The summed E-state index contributed by atoms with van der Waals surface area (Å²) in [5.74, 6) is 0.0898. The van der Waals surface area contributed by atoms with Crippen molar-refractivity contribution in [3.05, 3.63) is 68.7 Å². The zero-order valence-electron chi connectivity index (χ0n) is 10.9. The quantitative estimate of drug-likeness (QED) is 0.383. The van der Waals surface area contributed by atoms with E-state index in [1.54, 1.807) is 24.3 Å². The highest BCUT2D eigenvalue weighted by atomic mass is 35.5. The average Bonchev–Trinajstić information content (AvgIpc) is 2.46. The second kappa shape index (κ2) is 6.23. The first kappa shape index (κ1) is 14.8. The topological polar surface area (TPSA) is 102 Å². The molecule has 0 aliphatic heterocycles. The van der Waals surface area contributed by atoms with E-state index in [0.29, 0.717) is 5.56 Å². The molecule has 0 fully saturated rings. The average molecular weight is 306 g/mol. The molecule has 0 atom stereocenters. The molecule has 108 valence electrons. The molecule has 3 N–H and O–H groups in total. The van der Waals surface area contributed by atoms with Gasteiger partial charge in [-0.05, 0) is 23.8 Å². The standard InChI is InChI=1S/C14H12ClN3O3/c15-11-4-5-13(12(7-11)18(19)20)21-8-9-2-1-3-10(6-9)14(16)17/h1-7H,8H2,(H3,16,17). The fraction of sp³-hybridized carbons (Fsp3) is 0.0714. The number of nitrogens with two attached hydrogens (primary N) is 1. The third-order valence-corrected chi connectivity index (χ3v) is 2.99. The Bertz CT molecular complexity index is 704. The number of nitrogens with zero attached hydrogens (tertiary/aromatic N) is 1. The number of ether oxygens (including phenoxy) is 1. The Morgan fingerprint density at radius 3 is 2.76 bits per heavy atom. The summed E-state index contributed by atoms with van der Waals surface area (Å²) in [4.78, 5) is 10.4. The molecule has 0 aliphatic carbocycles. The molecule has 0 radical (unpaired) electrons. The summed E-state index contributed by atoms with van der Waals surface area (Å²) >= 11 is 5.74. The normalized spacial score (nSPS) is 10.1. The van der Waals surface area contributed by atoms with Crippen LogP contribution in [0.1, 0.15) is 11.1 Å². The first-order valence-electron chi connectivity index (χ1n) is 5.97. The number of hydrogen-bond acceptors (Lipinski definition) is 4. The van der Waals surface area contributed by atoms with E-state index < -0.39 is 4.92 Å². The molecule has 0 unspecified atom stereocenters. The number of nitrogens with one attached hydrogen (secondary N) is 1. The molecule has 7 heteroatoms. The lowest BCUT2D eigenvalue weighted by Crippen LogP contribution is -2.11. The lowest BCUT2D eigenvalue weighted by molar-refractivity contribution is -0.385. The van der Waals surface area contributed by atoms with Crippen molar-refractivity contribution in [1.82, 2.24) is 0 Å². The fourth-order valence-corrected chi connectivity index (χ4v) is 1.91. The zero-order valence-corrected chi connectivity index (χ0v) is 11.6. The molecule has 6 nitrogen and oxygen atoms in total. The van der Waals surface area contributed by atoms with Crippen LogP contribution in [0, 0.1) is 15.5 Å². The molecule has 2 aromatic carbocycles. The van der Waals surface area contributed by atoms with E-state index in [2.05, 4.69) is 0 Å². The first-order chi connectivity index (χ1) is 9.97. The number of rotatable bonds is 5. The van der Waals surface area contributed by atoms with Crippen LogP contribution in [0.4, 0.5) is 5.69 Å². The summed E-state index contributed by atoms with van der Waals surface area (Å²) in [6.07, 6.45) is 0. The van der Waals surface area contributed by atoms with Crippen LogP contribution in [0.3, 0.4) is 0 Å². The predicted molar refractivity (Wildman–Crippen MR) is 79.9 cm³/mol. The summed E-state index contributed by atoms with van der Waals surface area (Å²) in [7, 11) is 0. The minimum absolute atomic E-state index is 0.0469. The van der Waals surface area contributed by atoms with Crippen LogP contribution in [-0.4, -0.2) is 10.8 Å². The van der Waals surface area contributed by atoms with Crippen LogP contribution < -0.4 is 10.5 Å². The van der Waals surface area contributed by atoms with E-state index in [0.717, 1.165) is 5.56 Å². The summed E-state index contributed by atoms with van der Waals surface area (Å²) < 4.78 is 5.46. The number of nitro benzene ring substituents is 1. The fourth-order valence-electron chi connectivity index (χ4n) is 1.74. The Labute approximate surface area is 125 Å². The second-order valence-corrected chi connectivity index (χ2v) is 4.71. The number of hydrogen-bond donors (Lipinski definition) is 2. The monoisotopic (exact) mass is 305 g/mol. The Balaban J connectivity index is 2.18. The molecular weight excluding hydrogens is 294 g/mol. The van der Waals surface area contributed by atoms with Gasteiger partial charge in [0.2, 0.25) is 0 Å². The van der Waals surface area contributed by atoms with Crippen molar-refractivity contribution in [2.45, 2.75) is 6.61 Å². The smallest absolute Gasteiger partial charge is 0.312 e. The van der Waals surface area contributed by atoms with Gasteiger partial charge >= 0.3 is 5.69 Å². The minimum atomic E-state index is -0.548. The Morgan fingerprint density at radius 2 is 2.10 bits per heavy atom. The molecule has 0 saturated carbocycles. The maximum atomic E-state index is 11.0.